The Morgan fingerprint density at radius 3 is 2.48 bits per heavy atom. The molecular weight excluding hydrogens is 266 g/mol. The molecule has 0 N–H and O–H groups in total. The Bertz CT molecular complexity index is 517. The Hall–Kier alpha value is -1.84. The lowest BCUT2D eigenvalue weighted by molar-refractivity contribution is -0.135. The van der Waals surface area contributed by atoms with Crippen molar-refractivity contribution >= 4 is 17.6 Å². The zero-order valence-corrected chi connectivity index (χ0v) is 12.2. The lowest BCUT2D eigenvalue weighted by atomic mass is 10.0. The molecule has 0 aromatic heterocycles. The van der Waals surface area contributed by atoms with Gasteiger partial charge in [-0.1, -0.05) is 12.8 Å². The van der Waals surface area contributed by atoms with Crippen molar-refractivity contribution in [1.29, 1.82) is 0 Å². The Morgan fingerprint density at radius 2 is 1.86 bits per heavy atom. The van der Waals surface area contributed by atoms with Gasteiger partial charge in [0.1, 0.15) is 5.75 Å². The largest absolute Gasteiger partial charge is 0.427 e. The van der Waals surface area contributed by atoms with Gasteiger partial charge in [0.15, 0.2) is 0 Å². The highest BCUT2D eigenvalue weighted by atomic mass is 16.5. The Balaban J connectivity index is 1.56. The van der Waals surface area contributed by atoms with Crippen molar-refractivity contribution in [2.45, 2.75) is 44.9 Å². The lowest BCUT2D eigenvalue weighted by Gasteiger charge is -2.16. The number of hydrogen-bond acceptors (Lipinski definition) is 3. The first-order chi connectivity index (χ1) is 10.2. The van der Waals surface area contributed by atoms with Crippen LogP contribution in [0.2, 0.25) is 0 Å². The number of nitrogens with zero attached hydrogens (tertiary/aromatic N) is 1. The summed E-state index contributed by atoms with van der Waals surface area (Å²) in [5.41, 5.74) is 0.882. The van der Waals surface area contributed by atoms with Gasteiger partial charge < -0.3 is 9.64 Å². The van der Waals surface area contributed by atoms with Crippen LogP contribution in [0.4, 0.5) is 5.69 Å². The van der Waals surface area contributed by atoms with Crippen LogP contribution in [0.15, 0.2) is 24.3 Å². The average molecular weight is 287 g/mol. The normalized spacial score (nSPS) is 19.2. The van der Waals surface area contributed by atoms with E-state index in [1.54, 1.807) is 17.0 Å². The Kier molecular flexibility index (Phi) is 4.23. The third kappa shape index (κ3) is 3.43. The second kappa shape index (κ2) is 6.29. The highest BCUT2D eigenvalue weighted by molar-refractivity contribution is 5.95. The maximum atomic E-state index is 11.9. The number of ether oxygens (including phenoxy) is 1. The summed E-state index contributed by atoms with van der Waals surface area (Å²) in [6.45, 7) is 0.777. The van der Waals surface area contributed by atoms with Crippen molar-refractivity contribution in [1.82, 2.24) is 0 Å². The second-order valence-electron chi connectivity index (χ2n) is 5.97. The van der Waals surface area contributed by atoms with Gasteiger partial charge in [-0.25, -0.2) is 0 Å². The third-order valence-corrected chi connectivity index (χ3v) is 4.38. The van der Waals surface area contributed by atoms with E-state index in [4.69, 9.17) is 4.74 Å². The fourth-order valence-corrected chi connectivity index (χ4v) is 3.24. The number of carbonyl (C=O) groups is 2. The van der Waals surface area contributed by atoms with Crippen LogP contribution >= 0.6 is 0 Å². The maximum absolute atomic E-state index is 11.9. The minimum atomic E-state index is -0.146. The van der Waals surface area contributed by atoms with Gasteiger partial charge in [0.05, 0.1) is 0 Å². The van der Waals surface area contributed by atoms with Crippen LogP contribution in [-0.4, -0.2) is 18.4 Å². The molecule has 0 bridgehead atoms. The SMILES string of the molecule is O=C(CC1CCCC1)Oc1ccc(N2CCCC2=O)cc1. The molecule has 1 aromatic carbocycles. The van der Waals surface area contributed by atoms with Gasteiger partial charge in [-0.3, -0.25) is 9.59 Å². The first-order valence-corrected chi connectivity index (χ1v) is 7.83. The van der Waals surface area contributed by atoms with Crippen LogP contribution in [-0.2, 0) is 9.59 Å². The van der Waals surface area contributed by atoms with Crippen molar-refractivity contribution in [3.63, 3.8) is 0 Å². The Morgan fingerprint density at radius 1 is 1.14 bits per heavy atom. The molecule has 0 radical (unpaired) electrons. The van der Waals surface area contributed by atoms with Gasteiger partial charge in [0, 0.05) is 25.1 Å². The van der Waals surface area contributed by atoms with E-state index in [0.29, 0.717) is 24.5 Å². The van der Waals surface area contributed by atoms with E-state index in [-0.39, 0.29) is 11.9 Å². The molecule has 21 heavy (non-hydrogen) atoms. The quantitative estimate of drug-likeness (QED) is 0.630. The van der Waals surface area contributed by atoms with Crippen LogP contribution in [0.25, 0.3) is 0 Å². The predicted molar refractivity (Wildman–Crippen MR) is 80.2 cm³/mol. The van der Waals surface area contributed by atoms with Crippen LogP contribution in [0.1, 0.15) is 44.9 Å². The van der Waals surface area contributed by atoms with Gasteiger partial charge >= 0.3 is 5.97 Å². The molecule has 2 aliphatic rings. The van der Waals surface area contributed by atoms with Crippen LogP contribution in [0.5, 0.6) is 5.75 Å². The number of rotatable bonds is 4. The first-order valence-electron chi connectivity index (χ1n) is 7.83. The highest BCUT2D eigenvalue weighted by Gasteiger charge is 2.22. The third-order valence-electron chi connectivity index (χ3n) is 4.38. The lowest BCUT2D eigenvalue weighted by Crippen LogP contribution is -2.23. The van der Waals surface area contributed by atoms with E-state index in [9.17, 15) is 9.59 Å². The van der Waals surface area contributed by atoms with Crippen molar-refractivity contribution in [2.75, 3.05) is 11.4 Å². The minimum Gasteiger partial charge on any atom is -0.427 e. The summed E-state index contributed by atoms with van der Waals surface area (Å²) in [6.07, 6.45) is 6.81. The number of anilines is 1. The predicted octanol–water partition coefficient (Wildman–Crippen LogP) is 3.30. The molecule has 1 saturated heterocycles. The molecule has 0 spiro atoms. The summed E-state index contributed by atoms with van der Waals surface area (Å²) in [4.78, 5) is 25.3. The smallest absolute Gasteiger partial charge is 0.311 e. The standard InChI is InChI=1S/C17H21NO3/c19-16-6-3-11-18(16)14-7-9-15(10-8-14)21-17(20)12-13-4-1-2-5-13/h7-10,13H,1-6,11-12H2. The van der Waals surface area contributed by atoms with Gasteiger partial charge in [0.25, 0.3) is 0 Å². The molecule has 0 unspecified atom stereocenters. The van der Waals surface area contributed by atoms with Crippen molar-refractivity contribution < 1.29 is 14.3 Å². The van der Waals surface area contributed by atoms with Gasteiger partial charge in [-0.05, 0) is 49.4 Å². The molecule has 0 atom stereocenters. The van der Waals surface area contributed by atoms with Crippen molar-refractivity contribution in [2.24, 2.45) is 5.92 Å². The van der Waals surface area contributed by atoms with Gasteiger partial charge in [-0.2, -0.15) is 0 Å². The van der Waals surface area contributed by atoms with E-state index >= 15 is 0 Å². The van der Waals surface area contributed by atoms with Crippen molar-refractivity contribution in [3.05, 3.63) is 24.3 Å². The summed E-state index contributed by atoms with van der Waals surface area (Å²) in [6, 6.07) is 7.24. The van der Waals surface area contributed by atoms with E-state index in [0.717, 1.165) is 31.5 Å². The van der Waals surface area contributed by atoms with E-state index in [1.807, 2.05) is 12.1 Å². The second-order valence-corrected chi connectivity index (χ2v) is 5.97. The fraction of sp³-hybridized carbons (Fsp3) is 0.529. The summed E-state index contributed by atoms with van der Waals surface area (Å²) in [5, 5.41) is 0. The monoisotopic (exact) mass is 287 g/mol. The number of esters is 1. The molecule has 4 nitrogen and oxygen atoms in total. The first kappa shape index (κ1) is 14.1. The summed E-state index contributed by atoms with van der Waals surface area (Å²) in [5.74, 6) is 1.08. The molecule has 1 aliphatic carbocycles. The minimum absolute atomic E-state index is 0.146. The van der Waals surface area contributed by atoms with E-state index in [1.165, 1.54) is 12.8 Å². The molecule has 2 fully saturated rings. The summed E-state index contributed by atoms with van der Waals surface area (Å²) >= 11 is 0. The number of amides is 1. The fourth-order valence-electron chi connectivity index (χ4n) is 3.24. The molecular formula is C17H21NO3. The number of benzene rings is 1. The van der Waals surface area contributed by atoms with E-state index in [2.05, 4.69) is 0 Å². The maximum Gasteiger partial charge on any atom is 0.311 e. The van der Waals surface area contributed by atoms with Gasteiger partial charge in [0.2, 0.25) is 5.91 Å². The van der Waals surface area contributed by atoms with Crippen molar-refractivity contribution in [3.8, 4) is 5.75 Å². The topological polar surface area (TPSA) is 46.6 Å². The average Bonchev–Trinajstić information content (AvgIpc) is 3.11. The Labute approximate surface area is 125 Å². The molecule has 1 aliphatic heterocycles. The molecule has 112 valence electrons. The highest BCUT2D eigenvalue weighted by Crippen LogP contribution is 2.28. The molecule has 1 aromatic rings. The molecule has 3 rings (SSSR count). The number of hydrogen-bond donors (Lipinski definition) is 0. The zero-order chi connectivity index (χ0) is 14.7. The molecule has 4 heteroatoms. The van der Waals surface area contributed by atoms with Crippen LogP contribution in [0.3, 0.4) is 0 Å². The van der Waals surface area contributed by atoms with Crippen LogP contribution < -0.4 is 9.64 Å². The zero-order valence-electron chi connectivity index (χ0n) is 12.2. The number of carbonyl (C=O) groups excluding carboxylic acids is 2. The molecule has 1 heterocycles. The summed E-state index contributed by atoms with van der Waals surface area (Å²) in [7, 11) is 0. The summed E-state index contributed by atoms with van der Waals surface area (Å²) < 4.78 is 5.38. The van der Waals surface area contributed by atoms with Crippen LogP contribution in [0, 0.1) is 5.92 Å². The molecule has 1 saturated carbocycles. The molecule has 1 amide bonds. The van der Waals surface area contributed by atoms with Gasteiger partial charge in [-0.15, -0.1) is 0 Å². The van der Waals surface area contributed by atoms with E-state index < -0.39 is 0 Å².